The summed E-state index contributed by atoms with van der Waals surface area (Å²) >= 11 is 0. The van der Waals surface area contributed by atoms with Gasteiger partial charge in [-0.05, 0) is 18.8 Å². The molecule has 4 nitrogen and oxygen atoms in total. The Kier molecular flexibility index (Phi) is 3.54. The van der Waals surface area contributed by atoms with Gasteiger partial charge >= 0.3 is 0 Å². The number of nitrogen functional groups attached to an aromatic ring is 2. The standard InChI is InChI=1S/C16H20N4/c17-15-13(11-7-3-1-4-8-11)14(19-16(18)20-15)12-9-5-2-6-10-12/h2,5-6,9-11H,1,3-4,7-8H2,(H4,17,18,19,20). The first-order chi connectivity index (χ1) is 9.75. The van der Waals surface area contributed by atoms with Crippen LogP contribution in [-0.2, 0) is 0 Å². The van der Waals surface area contributed by atoms with Gasteiger partial charge in [-0.2, -0.15) is 4.98 Å². The maximum Gasteiger partial charge on any atom is 0.222 e. The SMILES string of the molecule is Nc1nc(N)c(C2CCCCC2)c(-c2ccccc2)n1. The Bertz CT molecular complexity index is 589. The molecule has 0 radical (unpaired) electrons. The molecule has 1 aliphatic carbocycles. The molecule has 0 aliphatic heterocycles. The van der Waals surface area contributed by atoms with Gasteiger partial charge < -0.3 is 11.5 Å². The van der Waals surface area contributed by atoms with E-state index in [1.807, 2.05) is 30.3 Å². The number of anilines is 2. The minimum absolute atomic E-state index is 0.251. The van der Waals surface area contributed by atoms with Crippen molar-refractivity contribution < 1.29 is 0 Å². The van der Waals surface area contributed by atoms with Crippen molar-refractivity contribution in [1.29, 1.82) is 0 Å². The van der Waals surface area contributed by atoms with E-state index in [0.29, 0.717) is 11.7 Å². The van der Waals surface area contributed by atoms with E-state index < -0.39 is 0 Å². The van der Waals surface area contributed by atoms with Crippen LogP contribution in [0.5, 0.6) is 0 Å². The molecular formula is C16H20N4. The Balaban J connectivity index is 2.12. The van der Waals surface area contributed by atoms with Crippen LogP contribution in [0.2, 0.25) is 0 Å². The minimum Gasteiger partial charge on any atom is -0.383 e. The van der Waals surface area contributed by atoms with Crippen molar-refractivity contribution in [3.8, 4) is 11.3 Å². The lowest BCUT2D eigenvalue weighted by molar-refractivity contribution is 0.444. The van der Waals surface area contributed by atoms with Gasteiger partial charge in [-0.1, -0.05) is 49.6 Å². The average molecular weight is 268 g/mol. The van der Waals surface area contributed by atoms with Crippen LogP contribution in [0.4, 0.5) is 11.8 Å². The van der Waals surface area contributed by atoms with E-state index in [4.69, 9.17) is 11.5 Å². The fourth-order valence-electron chi connectivity index (χ4n) is 3.11. The molecule has 1 aromatic heterocycles. The molecule has 3 rings (SSSR count). The summed E-state index contributed by atoms with van der Waals surface area (Å²) in [5.41, 5.74) is 15.0. The Labute approximate surface area is 119 Å². The van der Waals surface area contributed by atoms with E-state index in [2.05, 4.69) is 9.97 Å². The second-order valence-electron chi connectivity index (χ2n) is 5.43. The highest BCUT2D eigenvalue weighted by molar-refractivity contribution is 5.70. The van der Waals surface area contributed by atoms with Crippen LogP contribution in [0.1, 0.15) is 43.6 Å². The zero-order chi connectivity index (χ0) is 13.9. The first kappa shape index (κ1) is 12.9. The fourth-order valence-corrected chi connectivity index (χ4v) is 3.11. The van der Waals surface area contributed by atoms with Gasteiger partial charge in [-0.15, -0.1) is 0 Å². The predicted molar refractivity (Wildman–Crippen MR) is 82.1 cm³/mol. The molecule has 1 aliphatic rings. The zero-order valence-electron chi connectivity index (χ0n) is 11.5. The van der Waals surface area contributed by atoms with E-state index >= 15 is 0 Å². The second-order valence-corrected chi connectivity index (χ2v) is 5.43. The number of nitrogens with two attached hydrogens (primary N) is 2. The molecule has 1 heterocycles. The summed E-state index contributed by atoms with van der Waals surface area (Å²) in [6.07, 6.45) is 6.15. The second kappa shape index (κ2) is 5.49. The largest absolute Gasteiger partial charge is 0.383 e. The van der Waals surface area contributed by atoms with Gasteiger partial charge in [-0.25, -0.2) is 4.98 Å². The van der Waals surface area contributed by atoms with Gasteiger partial charge in [0.15, 0.2) is 0 Å². The van der Waals surface area contributed by atoms with E-state index in [1.54, 1.807) is 0 Å². The lowest BCUT2D eigenvalue weighted by Gasteiger charge is -2.25. The molecule has 0 spiro atoms. The zero-order valence-corrected chi connectivity index (χ0v) is 11.5. The van der Waals surface area contributed by atoms with Gasteiger partial charge in [0.1, 0.15) is 5.82 Å². The Morgan fingerprint density at radius 3 is 2.30 bits per heavy atom. The molecule has 0 unspecified atom stereocenters. The smallest absolute Gasteiger partial charge is 0.222 e. The van der Waals surface area contributed by atoms with Crippen LogP contribution in [0.15, 0.2) is 30.3 Å². The highest BCUT2D eigenvalue weighted by Gasteiger charge is 2.23. The van der Waals surface area contributed by atoms with Crippen LogP contribution in [0, 0.1) is 0 Å². The molecule has 4 heteroatoms. The highest BCUT2D eigenvalue weighted by Crippen LogP contribution is 2.39. The van der Waals surface area contributed by atoms with Crippen molar-refractivity contribution in [2.45, 2.75) is 38.0 Å². The number of nitrogens with zero attached hydrogens (tertiary/aromatic N) is 2. The van der Waals surface area contributed by atoms with E-state index in [1.165, 1.54) is 19.3 Å². The van der Waals surface area contributed by atoms with E-state index in [9.17, 15) is 0 Å². The first-order valence-corrected chi connectivity index (χ1v) is 7.24. The Hall–Kier alpha value is -2.10. The molecule has 1 fully saturated rings. The van der Waals surface area contributed by atoms with Gasteiger partial charge in [0, 0.05) is 11.1 Å². The number of aromatic nitrogens is 2. The topological polar surface area (TPSA) is 77.8 Å². The van der Waals surface area contributed by atoms with Gasteiger partial charge in [-0.3, -0.25) is 0 Å². The summed E-state index contributed by atoms with van der Waals surface area (Å²) in [5, 5.41) is 0. The molecule has 2 aromatic rings. The van der Waals surface area contributed by atoms with E-state index in [0.717, 1.165) is 29.7 Å². The lowest BCUT2D eigenvalue weighted by atomic mass is 9.82. The van der Waals surface area contributed by atoms with Crippen LogP contribution in [0.25, 0.3) is 11.3 Å². The lowest BCUT2D eigenvalue weighted by Crippen LogP contribution is -2.13. The summed E-state index contributed by atoms with van der Waals surface area (Å²) in [4.78, 5) is 8.65. The van der Waals surface area contributed by atoms with Crippen LogP contribution in [0.3, 0.4) is 0 Å². The molecular weight excluding hydrogens is 248 g/mol. The van der Waals surface area contributed by atoms with Crippen LogP contribution in [-0.4, -0.2) is 9.97 Å². The minimum atomic E-state index is 0.251. The molecule has 0 atom stereocenters. The van der Waals surface area contributed by atoms with Crippen LogP contribution >= 0.6 is 0 Å². The maximum absolute atomic E-state index is 6.16. The van der Waals surface area contributed by atoms with Gasteiger partial charge in [0.2, 0.25) is 5.95 Å². The van der Waals surface area contributed by atoms with Gasteiger partial charge in [0.25, 0.3) is 0 Å². The number of hydrogen-bond donors (Lipinski definition) is 2. The predicted octanol–water partition coefficient (Wildman–Crippen LogP) is 3.36. The summed E-state index contributed by atoms with van der Waals surface area (Å²) < 4.78 is 0. The van der Waals surface area contributed by atoms with Gasteiger partial charge in [0.05, 0.1) is 5.69 Å². The average Bonchev–Trinajstić information content (AvgIpc) is 2.48. The monoisotopic (exact) mass is 268 g/mol. The quantitative estimate of drug-likeness (QED) is 0.875. The Morgan fingerprint density at radius 1 is 0.900 bits per heavy atom. The Morgan fingerprint density at radius 2 is 1.60 bits per heavy atom. The number of rotatable bonds is 2. The highest BCUT2D eigenvalue weighted by atomic mass is 15.0. The summed E-state index contributed by atoms with van der Waals surface area (Å²) in [7, 11) is 0. The molecule has 104 valence electrons. The van der Waals surface area contributed by atoms with Crippen molar-refractivity contribution in [3.63, 3.8) is 0 Å². The number of benzene rings is 1. The van der Waals surface area contributed by atoms with Crippen molar-refractivity contribution in [2.24, 2.45) is 0 Å². The molecule has 1 saturated carbocycles. The summed E-state index contributed by atoms with van der Waals surface area (Å²) in [5.74, 6) is 1.25. The fraction of sp³-hybridized carbons (Fsp3) is 0.375. The van der Waals surface area contributed by atoms with Crippen molar-refractivity contribution in [1.82, 2.24) is 9.97 Å². The molecule has 4 N–H and O–H groups in total. The molecule has 0 amide bonds. The normalized spacial score (nSPS) is 16.2. The molecule has 0 bridgehead atoms. The third-order valence-electron chi connectivity index (χ3n) is 4.05. The van der Waals surface area contributed by atoms with E-state index in [-0.39, 0.29) is 5.95 Å². The molecule has 0 saturated heterocycles. The molecule has 20 heavy (non-hydrogen) atoms. The summed E-state index contributed by atoms with van der Waals surface area (Å²) in [6.45, 7) is 0. The first-order valence-electron chi connectivity index (χ1n) is 7.24. The maximum atomic E-state index is 6.16. The summed E-state index contributed by atoms with van der Waals surface area (Å²) in [6, 6.07) is 10.1. The van der Waals surface area contributed by atoms with Crippen molar-refractivity contribution >= 4 is 11.8 Å². The van der Waals surface area contributed by atoms with Crippen molar-refractivity contribution in [2.75, 3.05) is 11.5 Å². The third kappa shape index (κ3) is 2.46. The molecule has 1 aromatic carbocycles. The number of hydrogen-bond acceptors (Lipinski definition) is 4. The van der Waals surface area contributed by atoms with Crippen LogP contribution < -0.4 is 11.5 Å². The third-order valence-corrected chi connectivity index (χ3v) is 4.05. The van der Waals surface area contributed by atoms with Crippen molar-refractivity contribution in [3.05, 3.63) is 35.9 Å².